The number of hydrogen-bond acceptors (Lipinski definition) is 4. The van der Waals surface area contributed by atoms with Crippen LogP contribution in [0.5, 0.6) is 0 Å². The molecule has 0 radical (unpaired) electrons. The Kier molecular flexibility index (Phi) is 8.04. The van der Waals surface area contributed by atoms with Gasteiger partial charge in [0.2, 0.25) is 11.6 Å². The van der Waals surface area contributed by atoms with E-state index in [1.165, 1.54) is 0 Å². The maximum absolute atomic E-state index is 13.9. The first-order chi connectivity index (χ1) is 16.8. The number of carbonyl (C=O) groups excluding carboxylic acids is 3. The number of carbonyl (C=O) groups is 3. The van der Waals surface area contributed by atoms with Crippen LogP contribution in [0.25, 0.3) is 0 Å². The van der Waals surface area contributed by atoms with Crippen LogP contribution in [0.2, 0.25) is 0 Å². The zero-order valence-corrected chi connectivity index (χ0v) is 23.6. The Labute approximate surface area is 229 Å². The van der Waals surface area contributed by atoms with Gasteiger partial charge < -0.3 is 4.90 Å². The standard InChI is InChI=1S/C27H21Br3N2O3/c1-31-12-5-13-32(27(35)19-8-4-11-22(30)16-19)26(31)23(24(33)17-6-2-9-20(28)14-17)25(34)18-7-3-10-21(29)15-18/h2-4,6-11,14-16H,5,12-13H2,1H3. The molecular weight excluding hydrogens is 640 g/mol. The highest BCUT2D eigenvalue weighted by molar-refractivity contribution is 9.11. The van der Waals surface area contributed by atoms with Gasteiger partial charge in [-0.1, -0.05) is 78.1 Å². The molecule has 1 fully saturated rings. The van der Waals surface area contributed by atoms with Crippen LogP contribution in [-0.2, 0) is 0 Å². The molecule has 0 N–H and O–H groups in total. The molecule has 0 saturated carbocycles. The molecule has 0 atom stereocenters. The van der Waals surface area contributed by atoms with Crippen LogP contribution in [0.4, 0.5) is 0 Å². The normalized spacial score (nSPS) is 13.5. The minimum absolute atomic E-state index is 0.0354. The molecule has 5 nitrogen and oxygen atoms in total. The Morgan fingerprint density at radius 3 is 1.63 bits per heavy atom. The van der Waals surface area contributed by atoms with E-state index in [0.29, 0.717) is 42.0 Å². The molecular formula is C27H21Br3N2O3. The zero-order valence-electron chi connectivity index (χ0n) is 18.8. The molecule has 35 heavy (non-hydrogen) atoms. The van der Waals surface area contributed by atoms with Gasteiger partial charge in [0.25, 0.3) is 5.91 Å². The minimum Gasteiger partial charge on any atom is -0.360 e. The molecule has 4 rings (SSSR count). The number of halogens is 3. The number of benzene rings is 3. The first-order valence-electron chi connectivity index (χ1n) is 10.9. The summed E-state index contributed by atoms with van der Waals surface area (Å²) in [6, 6.07) is 20.9. The van der Waals surface area contributed by atoms with Crippen LogP contribution in [0, 0.1) is 0 Å². The molecule has 3 aromatic carbocycles. The summed E-state index contributed by atoms with van der Waals surface area (Å²) in [6.07, 6.45) is 0.711. The van der Waals surface area contributed by atoms with Gasteiger partial charge in [-0.25, -0.2) is 0 Å². The van der Waals surface area contributed by atoms with Crippen LogP contribution < -0.4 is 0 Å². The van der Waals surface area contributed by atoms with E-state index in [4.69, 9.17) is 0 Å². The second-order valence-corrected chi connectivity index (χ2v) is 10.9. The lowest BCUT2D eigenvalue weighted by Gasteiger charge is -2.38. The highest BCUT2D eigenvalue weighted by atomic mass is 79.9. The smallest absolute Gasteiger partial charge is 0.259 e. The minimum atomic E-state index is -0.438. The molecule has 3 aromatic rings. The summed E-state index contributed by atoms with van der Waals surface area (Å²) < 4.78 is 2.22. The third-order valence-corrected chi connectivity index (χ3v) is 7.14. The van der Waals surface area contributed by atoms with E-state index in [1.807, 2.05) is 23.1 Å². The van der Waals surface area contributed by atoms with E-state index >= 15 is 0 Å². The van der Waals surface area contributed by atoms with Crippen molar-refractivity contribution in [3.05, 3.63) is 114 Å². The fraction of sp³-hybridized carbons (Fsp3) is 0.148. The van der Waals surface area contributed by atoms with E-state index in [0.717, 1.165) is 13.4 Å². The molecule has 1 aliphatic rings. The monoisotopic (exact) mass is 658 g/mol. The Morgan fingerprint density at radius 1 is 0.686 bits per heavy atom. The van der Waals surface area contributed by atoms with Crippen molar-refractivity contribution in [1.82, 2.24) is 9.80 Å². The first kappa shape index (κ1) is 25.5. The average Bonchev–Trinajstić information content (AvgIpc) is 2.84. The summed E-state index contributed by atoms with van der Waals surface area (Å²) >= 11 is 10.2. The van der Waals surface area contributed by atoms with Crippen LogP contribution >= 0.6 is 47.8 Å². The lowest BCUT2D eigenvalue weighted by molar-refractivity contribution is 0.0698. The summed E-state index contributed by atoms with van der Waals surface area (Å²) in [5.41, 5.74) is 1.15. The SMILES string of the molecule is CN1CCCN(C(=O)c2cccc(Br)c2)C1=C(C(=O)c1cccc(Br)c1)C(=O)c1cccc(Br)c1. The van der Waals surface area contributed by atoms with Gasteiger partial charge in [0.05, 0.1) is 0 Å². The summed E-state index contributed by atoms with van der Waals surface area (Å²) in [5, 5.41) is 0. The van der Waals surface area contributed by atoms with E-state index < -0.39 is 11.6 Å². The van der Waals surface area contributed by atoms with Crippen molar-refractivity contribution in [1.29, 1.82) is 0 Å². The largest absolute Gasteiger partial charge is 0.360 e. The topological polar surface area (TPSA) is 57.7 Å². The molecule has 0 unspecified atom stereocenters. The van der Waals surface area contributed by atoms with Gasteiger partial charge in [0.1, 0.15) is 11.4 Å². The highest BCUT2D eigenvalue weighted by Crippen LogP contribution is 2.29. The van der Waals surface area contributed by atoms with Crippen LogP contribution in [-0.4, -0.2) is 47.4 Å². The van der Waals surface area contributed by atoms with E-state index in [-0.39, 0.29) is 11.5 Å². The molecule has 1 aliphatic heterocycles. The number of ketones is 2. The molecule has 1 saturated heterocycles. The number of nitrogens with zero attached hydrogens (tertiary/aromatic N) is 2. The fourth-order valence-electron chi connectivity index (χ4n) is 4.04. The number of hydrogen-bond donors (Lipinski definition) is 0. The maximum atomic E-state index is 13.9. The Morgan fingerprint density at radius 2 is 1.14 bits per heavy atom. The predicted octanol–water partition coefficient (Wildman–Crippen LogP) is 6.73. The quantitative estimate of drug-likeness (QED) is 0.132. The summed E-state index contributed by atoms with van der Waals surface area (Å²) in [5.74, 6) is -0.829. The molecule has 0 spiro atoms. The van der Waals surface area contributed by atoms with Crippen molar-refractivity contribution < 1.29 is 14.4 Å². The molecule has 0 bridgehead atoms. The predicted molar refractivity (Wildman–Crippen MR) is 146 cm³/mol. The summed E-state index contributed by atoms with van der Waals surface area (Å²) in [7, 11) is 1.80. The van der Waals surface area contributed by atoms with Crippen molar-refractivity contribution in [2.75, 3.05) is 20.1 Å². The lowest BCUT2D eigenvalue weighted by Crippen LogP contribution is -2.46. The molecule has 8 heteroatoms. The van der Waals surface area contributed by atoms with Gasteiger partial charge >= 0.3 is 0 Å². The molecule has 178 valence electrons. The van der Waals surface area contributed by atoms with Gasteiger partial charge in [0.15, 0.2) is 0 Å². The maximum Gasteiger partial charge on any atom is 0.259 e. The van der Waals surface area contributed by atoms with Crippen molar-refractivity contribution in [2.24, 2.45) is 0 Å². The molecule has 0 aromatic heterocycles. The van der Waals surface area contributed by atoms with Gasteiger partial charge in [-0.3, -0.25) is 19.3 Å². The zero-order chi connectivity index (χ0) is 25.1. The second kappa shape index (κ2) is 11.0. The third kappa shape index (κ3) is 5.66. The third-order valence-electron chi connectivity index (χ3n) is 5.66. The van der Waals surface area contributed by atoms with Crippen molar-refractivity contribution >= 4 is 65.3 Å². The number of amides is 1. The van der Waals surface area contributed by atoms with Crippen LogP contribution in [0.15, 0.2) is 97.6 Å². The van der Waals surface area contributed by atoms with Crippen LogP contribution in [0.3, 0.4) is 0 Å². The number of Topliss-reactive ketones (excluding diaryl/α,β-unsaturated/α-hetero) is 2. The fourth-order valence-corrected chi connectivity index (χ4v) is 5.24. The second-order valence-electron chi connectivity index (χ2n) is 8.12. The van der Waals surface area contributed by atoms with Crippen LogP contribution in [0.1, 0.15) is 37.5 Å². The summed E-state index contributed by atoms with van der Waals surface area (Å²) in [6.45, 7) is 1.00. The van der Waals surface area contributed by atoms with E-state index in [9.17, 15) is 14.4 Å². The Balaban J connectivity index is 1.93. The van der Waals surface area contributed by atoms with Gasteiger partial charge in [-0.15, -0.1) is 0 Å². The van der Waals surface area contributed by atoms with Crippen molar-refractivity contribution in [2.45, 2.75) is 6.42 Å². The Bertz CT molecular complexity index is 1290. The first-order valence-corrected chi connectivity index (χ1v) is 13.3. The summed E-state index contributed by atoms with van der Waals surface area (Å²) in [4.78, 5) is 44.8. The highest BCUT2D eigenvalue weighted by Gasteiger charge is 2.35. The van der Waals surface area contributed by atoms with Crippen molar-refractivity contribution in [3.63, 3.8) is 0 Å². The average molecular weight is 661 g/mol. The van der Waals surface area contributed by atoms with E-state index in [2.05, 4.69) is 47.8 Å². The van der Waals surface area contributed by atoms with E-state index in [1.54, 1.807) is 66.5 Å². The Hall–Kier alpha value is -2.55. The molecule has 0 aliphatic carbocycles. The van der Waals surface area contributed by atoms with Gasteiger partial charge in [-0.2, -0.15) is 0 Å². The molecule has 1 amide bonds. The number of rotatable bonds is 5. The lowest BCUT2D eigenvalue weighted by atomic mass is 9.94. The van der Waals surface area contributed by atoms with Crippen molar-refractivity contribution in [3.8, 4) is 0 Å². The van der Waals surface area contributed by atoms with Gasteiger partial charge in [0, 0.05) is 50.2 Å². The number of allylic oxidation sites excluding steroid dienone is 1. The molecule has 1 heterocycles. The van der Waals surface area contributed by atoms with Gasteiger partial charge in [-0.05, 0) is 48.9 Å².